The zero-order valence-corrected chi connectivity index (χ0v) is 12.3. The molecular weight excluding hydrogens is 260 g/mol. The van der Waals surface area contributed by atoms with E-state index in [-0.39, 0.29) is 0 Å². The van der Waals surface area contributed by atoms with E-state index in [4.69, 9.17) is 4.42 Å². The quantitative estimate of drug-likeness (QED) is 0.674. The van der Waals surface area contributed by atoms with Gasteiger partial charge in [-0.15, -0.1) is 0 Å². The van der Waals surface area contributed by atoms with Gasteiger partial charge in [0, 0.05) is 23.5 Å². The van der Waals surface area contributed by atoms with Gasteiger partial charge < -0.3 is 14.2 Å². The molecule has 1 aliphatic rings. The summed E-state index contributed by atoms with van der Waals surface area (Å²) in [5.74, 6) is 0. The maximum absolute atomic E-state index is 5.30. The van der Waals surface area contributed by atoms with E-state index in [0.29, 0.717) is 6.17 Å². The standard InChI is InChI=1S/C18H18N2O/c1-3-18-19(2)16-6-4-5-7-17(16)20(18)15-9-8-13-11-21-12-14(13)10-15/h4-12,18H,3H2,1-2H3. The van der Waals surface area contributed by atoms with Gasteiger partial charge in [0.25, 0.3) is 0 Å². The number of nitrogens with zero attached hydrogens (tertiary/aromatic N) is 2. The molecule has 1 aromatic heterocycles. The Morgan fingerprint density at radius 2 is 1.76 bits per heavy atom. The predicted molar refractivity (Wildman–Crippen MR) is 87.3 cm³/mol. The van der Waals surface area contributed by atoms with Gasteiger partial charge in [-0.3, -0.25) is 0 Å². The smallest absolute Gasteiger partial charge is 0.106 e. The molecule has 0 saturated carbocycles. The molecule has 2 aromatic carbocycles. The summed E-state index contributed by atoms with van der Waals surface area (Å²) in [6, 6.07) is 15.1. The van der Waals surface area contributed by atoms with Crippen LogP contribution in [-0.2, 0) is 0 Å². The Morgan fingerprint density at radius 3 is 2.57 bits per heavy atom. The van der Waals surface area contributed by atoms with Crippen molar-refractivity contribution < 1.29 is 4.42 Å². The number of anilines is 3. The fourth-order valence-electron chi connectivity index (χ4n) is 3.33. The number of benzene rings is 2. The first kappa shape index (κ1) is 12.3. The molecule has 1 unspecified atom stereocenters. The first-order valence-corrected chi connectivity index (χ1v) is 7.36. The van der Waals surface area contributed by atoms with Gasteiger partial charge in [-0.1, -0.05) is 19.1 Å². The van der Waals surface area contributed by atoms with Gasteiger partial charge in [-0.25, -0.2) is 0 Å². The Bertz CT molecular complexity index is 793. The lowest BCUT2D eigenvalue weighted by atomic mass is 10.1. The highest BCUT2D eigenvalue weighted by molar-refractivity contribution is 5.89. The van der Waals surface area contributed by atoms with Crippen LogP contribution in [0.1, 0.15) is 13.3 Å². The van der Waals surface area contributed by atoms with Gasteiger partial charge in [-0.2, -0.15) is 0 Å². The van der Waals surface area contributed by atoms with Crippen molar-refractivity contribution in [3.8, 4) is 0 Å². The summed E-state index contributed by atoms with van der Waals surface area (Å²) in [7, 11) is 2.17. The topological polar surface area (TPSA) is 19.6 Å². The Morgan fingerprint density at radius 1 is 1.00 bits per heavy atom. The Labute approximate surface area is 124 Å². The van der Waals surface area contributed by atoms with Gasteiger partial charge in [0.05, 0.1) is 23.9 Å². The Kier molecular flexibility index (Phi) is 2.67. The summed E-state index contributed by atoms with van der Waals surface area (Å²) in [6.07, 6.45) is 5.02. The molecular formula is C18H18N2O. The average Bonchev–Trinajstić information content (AvgIpc) is 3.09. The van der Waals surface area contributed by atoms with E-state index in [1.54, 1.807) is 6.26 Å². The highest BCUT2D eigenvalue weighted by atomic mass is 16.3. The predicted octanol–water partition coefficient (Wildman–Crippen LogP) is 4.76. The maximum Gasteiger partial charge on any atom is 0.106 e. The van der Waals surface area contributed by atoms with Crippen molar-refractivity contribution in [3.05, 3.63) is 55.0 Å². The number of rotatable bonds is 2. The monoisotopic (exact) mass is 278 g/mol. The molecule has 3 nitrogen and oxygen atoms in total. The lowest BCUT2D eigenvalue weighted by Crippen LogP contribution is -2.37. The number of furan rings is 1. The first-order valence-electron chi connectivity index (χ1n) is 7.36. The SMILES string of the molecule is CCC1N(C)c2ccccc2N1c1ccc2cocc2c1. The molecule has 3 heteroatoms. The van der Waals surface area contributed by atoms with E-state index in [1.807, 2.05) is 6.26 Å². The minimum Gasteiger partial charge on any atom is -0.471 e. The second-order valence-electron chi connectivity index (χ2n) is 5.54. The van der Waals surface area contributed by atoms with Crippen LogP contribution in [0, 0.1) is 0 Å². The van der Waals surface area contributed by atoms with Crippen LogP contribution in [-0.4, -0.2) is 13.2 Å². The van der Waals surface area contributed by atoms with E-state index < -0.39 is 0 Å². The number of fused-ring (bicyclic) bond motifs is 2. The van der Waals surface area contributed by atoms with Crippen LogP contribution >= 0.6 is 0 Å². The van der Waals surface area contributed by atoms with Crippen molar-refractivity contribution in [3.63, 3.8) is 0 Å². The fraction of sp³-hybridized carbons (Fsp3) is 0.222. The van der Waals surface area contributed by atoms with Crippen LogP contribution < -0.4 is 9.80 Å². The van der Waals surface area contributed by atoms with E-state index in [9.17, 15) is 0 Å². The maximum atomic E-state index is 5.30. The number of hydrogen-bond donors (Lipinski definition) is 0. The van der Waals surface area contributed by atoms with E-state index >= 15 is 0 Å². The summed E-state index contributed by atoms with van der Waals surface area (Å²) >= 11 is 0. The summed E-state index contributed by atoms with van der Waals surface area (Å²) in [5.41, 5.74) is 3.78. The van der Waals surface area contributed by atoms with Gasteiger partial charge in [0.15, 0.2) is 0 Å². The third-order valence-electron chi connectivity index (χ3n) is 4.37. The summed E-state index contributed by atoms with van der Waals surface area (Å²) < 4.78 is 5.30. The average molecular weight is 278 g/mol. The van der Waals surface area contributed by atoms with Crippen LogP contribution in [0.4, 0.5) is 17.1 Å². The highest BCUT2D eigenvalue weighted by Crippen LogP contribution is 2.44. The largest absolute Gasteiger partial charge is 0.471 e. The Balaban J connectivity index is 1.88. The molecule has 0 fully saturated rings. The lowest BCUT2D eigenvalue weighted by molar-refractivity contribution is 0.572. The molecule has 3 aromatic rings. The Hall–Kier alpha value is -2.42. The molecule has 0 radical (unpaired) electrons. The zero-order chi connectivity index (χ0) is 14.4. The third kappa shape index (κ3) is 1.74. The van der Waals surface area contributed by atoms with Crippen LogP contribution in [0.5, 0.6) is 0 Å². The summed E-state index contributed by atoms with van der Waals surface area (Å²) in [6.45, 7) is 2.23. The van der Waals surface area contributed by atoms with Crippen LogP contribution in [0.25, 0.3) is 10.8 Å². The van der Waals surface area contributed by atoms with Gasteiger partial charge >= 0.3 is 0 Å². The van der Waals surface area contributed by atoms with Crippen molar-refractivity contribution in [2.45, 2.75) is 19.5 Å². The van der Waals surface area contributed by atoms with Crippen molar-refractivity contribution in [2.24, 2.45) is 0 Å². The number of hydrogen-bond acceptors (Lipinski definition) is 3. The van der Waals surface area contributed by atoms with Crippen LogP contribution in [0.15, 0.2) is 59.4 Å². The highest BCUT2D eigenvalue weighted by Gasteiger charge is 2.33. The third-order valence-corrected chi connectivity index (χ3v) is 4.37. The molecule has 2 heterocycles. The summed E-state index contributed by atoms with van der Waals surface area (Å²) in [5, 5.41) is 2.29. The lowest BCUT2D eigenvalue weighted by Gasteiger charge is -2.30. The molecule has 21 heavy (non-hydrogen) atoms. The van der Waals surface area contributed by atoms with Gasteiger partial charge in [-0.05, 0) is 36.8 Å². The van der Waals surface area contributed by atoms with Crippen molar-refractivity contribution in [1.29, 1.82) is 0 Å². The van der Waals surface area contributed by atoms with Crippen LogP contribution in [0.3, 0.4) is 0 Å². The van der Waals surface area contributed by atoms with E-state index in [0.717, 1.165) is 17.2 Å². The van der Waals surface area contributed by atoms with Crippen molar-refractivity contribution >= 4 is 27.8 Å². The molecule has 1 atom stereocenters. The van der Waals surface area contributed by atoms with E-state index in [1.165, 1.54) is 17.1 Å². The minimum absolute atomic E-state index is 0.353. The molecule has 106 valence electrons. The first-order chi connectivity index (χ1) is 10.3. The molecule has 0 amide bonds. The second-order valence-corrected chi connectivity index (χ2v) is 5.54. The minimum atomic E-state index is 0.353. The van der Waals surface area contributed by atoms with Gasteiger partial charge in [0.1, 0.15) is 6.17 Å². The van der Waals surface area contributed by atoms with Gasteiger partial charge in [0.2, 0.25) is 0 Å². The molecule has 4 rings (SSSR count). The molecule has 0 spiro atoms. The molecule has 0 bridgehead atoms. The molecule has 0 N–H and O–H groups in total. The second kappa shape index (κ2) is 4.55. The van der Waals surface area contributed by atoms with E-state index in [2.05, 4.69) is 66.2 Å². The molecule has 1 aliphatic heterocycles. The number of para-hydroxylation sites is 2. The zero-order valence-electron chi connectivity index (χ0n) is 12.3. The normalized spacial score (nSPS) is 17.5. The van der Waals surface area contributed by atoms with Crippen molar-refractivity contribution in [2.75, 3.05) is 16.8 Å². The van der Waals surface area contributed by atoms with Crippen molar-refractivity contribution in [1.82, 2.24) is 0 Å². The molecule has 0 aliphatic carbocycles. The van der Waals surface area contributed by atoms with Crippen LogP contribution in [0.2, 0.25) is 0 Å². The fourth-order valence-corrected chi connectivity index (χ4v) is 3.33. The molecule has 0 saturated heterocycles. The summed E-state index contributed by atoms with van der Waals surface area (Å²) in [4.78, 5) is 4.77.